The molecule has 0 aliphatic carbocycles. The zero-order chi connectivity index (χ0) is 25.0. The summed E-state index contributed by atoms with van der Waals surface area (Å²) in [5.41, 5.74) is -1.02. The lowest BCUT2D eigenvalue weighted by Gasteiger charge is -2.25. The van der Waals surface area contributed by atoms with Crippen LogP contribution in [0.2, 0.25) is 0 Å². The lowest BCUT2D eigenvalue weighted by atomic mass is 9.94. The van der Waals surface area contributed by atoms with Crippen molar-refractivity contribution in [1.29, 1.82) is 0 Å². The van der Waals surface area contributed by atoms with Crippen LogP contribution < -0.4 is 10.2 Å². The van der Waals surface area contributed by atoms with E-state index in [2.05, 4.69) is 15.3 Å². The summed E-state index contributed by atoms with van der Waals surface area (Å²) < 4.78 is 71.4. The Kier molecular flexibility index (Phi) is 8.12. The number of aliphatic carboxylic acids is 1. The van der Waals surface area contributed by atoms with Gasteiger partial charge in [-0.2, -0.15) is 26.3 Å². The maximum Gasteiger partial charge on any atom is 0.490 e. The fourth-order valence-electron chi connectivity index (χ4n) is 3.15. The van der Waals surface area contributed by atoms with Gasteiger partial charge in [0.2, 0.25) is 0 Å². The summed E-state index contributed by atoms with van der Waals surface area (Å²) in [6.45, 7) is 6.08. The molecule has 3 rings (SSSR count). The second-order valence-corrected chi connectivity index (χ2v) is 8.33. The molecule has 3 N–H and O–H groups in total. The van der Waals surface area contributed by atoms with Gasteiger partial charge in [-0.05, 0) is 18.6 Å². The molecule has 0 radical (unpaired) electrons. The summed E-state index contributed by atoms with van der Waals surface area (Å²) in [6.07, 6.45) is -7.47. The summed E-state index contributed by atoms with van der Waals surface area (Å²) in [4.78, 5) is 19.0. The molecule has 184 valence electrons. The number of hydrogen-bond acceptors (Lipinski definition) is 6. The molecular weight excluding hydrogens is 458 g/mol. The summed E-state index contributed by atoms with van der Waals surface area (Å²) in [6, 6.07) is 4.28. The molecule has 33 heavy (non-hydrogen) atoms. The Morgan fingerprint density at radius 1 is 1.18 bits per heavy atom. The molecule has 1 atom stereocenters. The van der Waals surface area contributed by atoms with Crippen molar-refractivity contribution >= 4 is 22.7 Å². The number of para-hydroxylation sites is 1. The van der Waals surface area contributed by atoms with Crippen molar-refractivity contribution in [2.75, 3.05) is 31.1 Å². The van der Waals surface area contributed by atoms with Crippen LogP contribution in [0.1, 0.15) is 25.8 Å². The zero-order valence-corrected chi connectivity index (χ0v) is 17.8. The maximum atomic E-state index is 13.2. The predicted molar refractivity (Wildman–Crippen MR) is 108 cm³/mol. The number of alkyl halides is 6. The Morgan fingerprint density at radius 2 is 1.82 bits per heavy atom. The number of aromatic nitrogens is 2. The Labute approximate surface area is 185 Å². The number of nitrogens with one attached hydrogen (secondary N) is 1. The van der Waals surface area contributed by atoms with Crippen LogP contribution in [0.25, 0.3) is 10.9 Å². The Balaban J connectivity index is 0.000000479. The molecule has 1 aromatic heterocycles. The van der Waals surface area contributed by atoms with E-state index in [9.17, 15) is 31.4 Å². The Morgan fingerprint density at radius 3 is 2.36 bits per heavy atom. The van der Waals surface area contributed by atoms with E-state index in [1.54, 1.807) is 6.07 Å². The predicted octanol–water partition coefficient (Wildman–Crippen LogP) is 3.47. The third-order valence-electron chi connectivity index (χ3n) is 4.98. The van der Waals surface area contributed by atoms with Crippen LogP contribution in [-0.4, -0.2) is 64.6 Å². The van der Waals surface area contributed by atoms with Crippen molar-refractivity contribution in [2.24, 2.45) is 5.41 Å². The van der Waals surface area contributed by atoms with E-state index in [0.29, 0.717) is 30.8 Å². The maximum absolute atomic E-state index is 13.2. The number of hydrogen-bond donors (Lipinski definition) is 3. The van der Waals surface area contributed by atoms with Gasteiger partial charge in [0, 0.05) is 43.1 Å². The topological polar surface area (TPSA) is 98.6 Å². The molecule has 0 spiro atoms. The molecule has 1 saturated heterocycles. The van der Waals surface area contributed by atoms with Crippen LogP contribution in [-0.2, 0) is 11.0 Å². The van der Waals surface area contributed by atoms with Crippen LogP contribution in [0.4, 0.5) is 32.2 Å². The minimum Gasteiger partial charge on any atom is -0.475 e. The number of carbonyl (C=O) groups is 1. The molecule has 2 heterocycles. The van der Waals surface area contributed by atoms with Crippen LogP contribution in [0.5, 0.6) is 0 Å². The Bertz CT molecular complexity index is 965. The van der Waals surface area contributed by atoms with Crippen molar-refractivity contribution in [1.82, 2.24) is 15.3 Å². The summed E-state index contributed by atoms with van der Waals surface area (Å²) >= 11 is 0. The number of carboxylic acids is 1. The van der Waals surface area contributed by atoms with E-state index in [0.717, 1.165) is 12.5 Å². The van der Waals surface area contributed by atoms with E-state index in [-0.39, 0.29) is 23.6 Å². The highest BCUT2D eigenvalue weighted by atomic mass is 19.4. The van der Waals surface area contributed by atoms with E-state index in [1.165, 1.54) is 12.4 Å². The molecule has 1 aromatic carbocycles. The average molecular weight is 482 g/mol. The molecular formula is C20H24F6N4O3. The number of halogens is 6. The second kappa shape index (κ2) is 10.1. The van der Waals surface area contributed by atoms with Gasteiger partial charge in [0.25, 0.3) is 0 Å². The van der Waals surface area contributed by atoms with Gasteiger partial charge < -0.3 is 20.4 Å². The number of nitrogens with zero attached hydrogens (tertiary/aromatic N) is 3. The Hall–Kier alpha value is -2.67. The van der Waals surface area contributed by atoms with Gasteiger partial charge in [0.1, 0.15) is 12.1 Å². The van der Waals surface area contributed by atoms with Gasteiger partial charge in [-0.3, -0.25) is 0 Å². The van der Waals surface area contributed by atoms with E-state index >= 15 is 0 Å². The van der Waals surface area contributed by atoms with Gasteiger partial charge in [-0.1, -0.05) is 19.9 Å². The van der Waals surface area contributed by atoms with Crippen molar-refractivity contribution in [3.8, 4) is 0 Å². The van der Waals surface area contributed by atoms with E-state index in [1.807, 2.05) is 18.7 Å². The lowest BCUT2D eigenvalue weighted by molar-refractivity contribution is -0.192. The van der Waals surface area contributed by atoms with Gasteiger partial charge >= 0.3 is 18.3 Å². The molecule has 0 amide bonds. The SMILES string of the molecule is CC(C)(CO)CNC1CCN(c2ncnc3c(C(F)(F)F)cccc23)C1.O=C(O)C(F)(F)F. The van der Waals surface area contributed by atoms with Crippen molar-refractivity contribution < 1.29 is 41.4 Å². The summed E-state index contributed by atoms with van der Waals surface area (Å²) in [7, 11) is 0. The van der Waals surface area contributed by atoms with Crippen LogP contribution in [0.3, 0.4) is 0 Å². The quantitative estimate of drug-likeness (QED) is 0.562. The first-order chi connectivity index (χ1) is 15.2. The first-order valence-corrected chi connectivity index (χ1v) is 9.86. The molecule has 0 saturated carbocycles. The first-order valence-electron chi connectivity index (χ1n) is 9.86. The number of aliphatic hydroxyl groups is 1. The van der Waals surface area contributed by atoms with Gasteiger partial charge in [0.05, 0.1) is 11.1 Å². The van der Waals surface area contributed by atoms with E-state index in [4.69, 9.17) is 9.90 Å². The highest BCUT2D eigenvalue weighted by Gasteiger charge is 2.38. The second-order valence-electron chi connectivity index (χ2n) is 8.33. The fourth-order valence-corrected chi connectivity index (χ4v) is 3.15. The number of anilines is 1. The third kappa shape index (κ3) is 7.16. The van der Waals surface area contributed by atoms with Crippen molar-refractivity contribution in [3.05, 3.63) is 30.1 Å². The zero-order valence-electron chi connectivity index (χ0n) is 17.8. The minimum absolute atomic E-state index is 0.0668. The van der Waals surface area contributed by atoms with Crippen molar-refractivity contribution in [3.63, 3.8) is 0 Å². The molecule has 1 aliphatic rings. The summed E-state index contributed by atoms with van der Waals surface area (Å²) in [5.74, 6) is -2.22. The molecule has 2 aromatic rings. The highest BCUT2D eigenvalue weighted by Crippen LogP contribution is 2.36. The molecule has 1 unspecified atom stereocenters. The fraction of sp³-hybridized carbons (Fsp3) is 0.550. The molecule has 1 aliphatic heterocycles. The lowest BCUT2D eigenvalue weighted by Crippen LogP contribution is -2.40. The first kappa shape index (κ1) is 26.6. The van der Waals surface area contributed by atoms with Gasteiger partial charge in [-0.15, -0.1) is 0 Å². The standard InChI is InChI=1S/C18H23F3N4O.C2HF3O2/c1-17(2,10-26)9-22-12-6-7-25(8-12)16-13-4-3-5-14(18(19,20)21)15(13)23-11-24-16;3-2(4,5)1(6)7/h3-5,11-12,22,26H,6-10H2,1-2H3;(H,6,7). The monoisotopic (exact) mass is 482 g/mol. The number of carboxylic acid groups (broad SMARTS) is 1. The van der Waals surface area contributed by atoms with Crippen molar-refractivity contribution in [2.45, 2.75) is 38.7 Å². The number of fused-ring (bicyclic) bond motifs is 1. The number of rotatable bonds is 5. The van der Waals surface area contributed by atoms with E-state index < -0.39 is 23.9 Å². The van der Waals surface area contributed by atoms with Gasteiger partial charge in [0.15, 0.2) is 0 Å². The largest absolute Gasteiger partial charge is 0.490 e. The minimum atomic E-state index is -5.08. The molecule has 0 bridgehead atoms. The van der Waals surface area contributed by atoms with Crippen LogP contribution in [0, 0.1) is 5.41 Å². The number of aliphatic hydroxyl groups excluding tert-OH is 1. The smallest absolute Gasteiger partial charge is 0.475 e. The normalized spacial score (nSPS) is 17.1. The third-order valence-corrected chi connectivity index (χ3v) is 4.98. The average Bonchev–Trinajstić information content (AvgIpc) is 3.19. The molecule has 1 fully saturated rings. The number of benzene rings is 1. The van der Waals surface area contributed by atoms with Gasteiger partial charge in [-0.25, -0.2) is 14.8 Å². The molecule has 7 nitrogen and oxygen atoms in total. The van der Waals surface area contributed by atoms with Crippen LogP contribution >= 0.6 is 0 Å². The summed E-state index contributed by atoms with van der Waals surface area (Å²) in [5, 5.41) is 20.3. The molecule has 13 heteroatoms. The highest BCUT2D eigenvalue weighted by molar-refractivity contribution is 5.91. The van der Waals surface area contributed by atoms with Crippen LogP contribution in [0.15, 0.2) is 24.5 Å².